The van der Waals surface area contributed by atoms with Crippen molar-refractivity contribution in [2.75, 3.05) is 39.1 Å². The van der Waals surface area contributed by atoms with E-state index in [1.165, 1.54) is 10.5 Å². The number of aliphatic hydroxyl groups excluding tert-OH is 1. The summed E-state index contributed by atoms with van der Waals surface area (Å²) in [6.07, 6.45) is 2.88. The van der Waals surface area contributed by atoms with Gasteiger partial charge in [-0.3, -0.25) is 4.98 Å². The van der Waals surface area contributed by atoms with Crippen LogP contribution in [0.2, 0.25) is 0 Å². The van der Waals surface area contributed by atoms with E-state index >= 15 is 4.39 Å². The van der Waals surface area contributed by atoms with Crippen LogP contribution in [0.1, 0.15) is 36.6 Å². The van der Waals surface area contributed by atoms with Gasteiger partial charge in [0.1, 0.15) is 11.9 Å². The van der Waals surface area contributed by atoms with Gasteiger partial charge >= 0.3 is 0 Å². The van der Waals surface area contributed by atoms with Crippen molar-refractivity contribution >= 4 is 22.7 Å². The van der Waals surface area contributed by atoms with Crippen molar-refractivity contribution < 1.29 is 14.2 Å². The van der Waals surface area contributed by atoms with E-state index in [-0.39, 0.29) is 12.5 Å². The first kappa shape index (κ1) is 25.0. The quantitative estimate of drug-likeness (QED) is 0.356. The van der Waals surface area contributed by atoms with Crippen LogP contribution in [0.5, 0.6) is 5.75 Å². The van der Waals surface area contributed by atoms with E-state index in [2.05, 4.69) is 41.1 Å². The molecule has 1 unspecified atom stereocenters. The first-order valence-corrected chi connectivity index (χ1v) is 13.2. The zero-order chi connectivity index (χ0) is 23.9. The summed E-state index contributed by atoms with van der Waals surface area (Å²) in [6, 6.07) is 15.9. The van der Waals surface area contributed by atoms with E-state index in [0.717, 1.165) is 49.1 Å². The van der Waals surface area contributed by atoms with Gasteiger partial charge in [-0.15, -0.1) is 11.8 Å². The van der Waals surface area contributed by atoms with Crippen LogP contribution in [0.25, 0.3) is 10.9 Å². The maximum absolute atomic E-state index is 15.4. The number of likely N-dealkylation sites (tertiary alicyclic amines) is 1. The minimum absolute atomic E-state index is 0.165. The van der Waals surface area contributed by atoms with E-state index in [1.807, 2.05) is 30.0 Å². The molecule has 1 aliphatic rings. The molecule has 3 atom stereocenters. The fraction of sp³-hybridized carbons (Fsp3) is 0.464. The second kappa shape index (κ2) is 12.0. The largest absolute Gasteiger partial charge is 0.497 e. The molecule has 1 aromatic heterocycles. The average Bonchev–Trinajstić information content (AvgIpc) is 2.88. The molecule has 6 heteroatoms. The number of alkyl halides is 1. The molecule has 2 aromatic carbocycles. The topological polar surface area (TPSA) is 45.6 Å². The number of aromatic nitrogens is 1. The minimum Gasteiger partial charge on any atom is -0.497 e. The molecule has 4 rings (SSSR count). The Labute approximate surface area is 206 Å². The summed E-state index contributed by atoms with van der Waals surface area (Å²) in [6.45, 7) is 5.24. The number of methoxy groups -OCH3 is 1. The standard InChI is InChI=1S/C28H35FN2O2S/c1-20-5-3-4-6-28(20)34-16-15-31-14-12-21(22(18-31)19-32)7-9-26(29)24-11-13-30-27-10-8-23(33-2)17-25(24)27/h3-6,8,10-11,13,17,21-22,26,32H,7,9,12,14-16,18-19H2,1-2H3/t21-,22-,26?/m1/s1. The number of nitrogens with zero attached hydrogens (tertiary/aromatic N) is 2. The Hall–Kier alpha value is -2.15. The molecule has 0 amide bonds. The Bertz CT molecular complexity index is 1080. The van der Waals surface area contributed by atoms with Gasteiger partial charge in [0.2, 0.25) is 0 Å². The van der Waals surface area contributed by atoms with Crippen molar-refractivity contribution in [1.82, 2.24) is 9.88 Å². The predicted octanol–water partition coefficient (Wildman–Crippen LogP) is 6.07. The van der Waals surface area contributed by atoms with Gasteiger partial charge in [0, 0.05) is 41.9 Å². The van der Waals surface area contributed by atoms with E-state index < -0.39 is 6.17 Å². The van der Waals surface area contributed by atoms with Gasteiger partial charge in [0.25, 0.3) is 0 Å². The van der Waals surface area contributed by atoms with Crippen LogP contribution >= 0.6 is 11.8 Å². The molecule has 1 fully saturated rings. The molecule has 4 nitrogen and oxygen atoms in total. The first-order chi connectivity index (χ1) is 16.6. The molecule has 0 saturated carbocycles. The van der Waals surface area contributed by atoms with Crippen LogP contribution in [-0.2, 0) is 0 Å². The molecule has 34 heavy (non-hydrogen) atoms. The molecule has 1 N–H and O–H groups in total. The van der Waals surface area contributed by atoms with E-state index in [4.69, 9.17) is 4.74 Å². The van der Waals surface area contributed by atoms with Gasteiger partial charge in [-0.05, 0) is 86.0 Å². The van der Waals surface area contributed by atoms with E-state index in [0.29, 0.717) is 23.7 Å². The summed E-state index contributed by atoms with van der Waals surface area (Å²) >= 11 is 1.90. The van der Waals surface area contributed by atoms with Gasteiger partial charge in [0.05, 0.1) is 12.6 Å². The van der Waals surface area contributed by atoms with Crippen molar-refractivity contribution in [3.05, 3.63) is 65.9 Å². The summed E-state index contributed by atoms with van der Waals surface area (Å²) in [7, 11) is 1.62. The van der Waals surface area contributed by atoms with Gasteiger partial charge in [-0.25, -0.2) is 4.39 Å². The molecular formula is C28H35FN2O2S. The van der Waals surface area contributed by atoms with Gasteiger partial charge in [-0.1, -0.05) is 18.2 Å². The monoisotopic (exact) mass is 482 g/mol. The Balaban J connectivity index is 1.30. The number of pyridine rings is 1. The first-order valence-electron chi connectivity index (χ1n) is 12.2. The fourth-order valence-corrected chi connectivity index (χ4v) is 6.05. The van der Waals surface area contributed by atoms with Gasteiger partial charge < -0.3 is 14.7 Å². The molecule has 182 valence electrons. The average molecular weight is 483 g/mol. The van der Waals surface area contributed by atoms with Crippen LogP contribution in [0.3, 0.4) is 0 Å². The molecule has 1 aliphatic heterocycles. The van der Waals surface area contributed by atoms with Crippen molar-refractivity contribution in [3.63, 3.8) is 0 Å². The Kier molecular flexibility index (Phi) is 8.81. The Morgan fingerprint density at radius 3 is 2.85 bits per heavy atom. The second-order valence-corrected chi connectivity index (χ2v) is 10.4. The van der Waals surface area contributed by atoms with Crippen LogP contribution in [-0.4, -0.2) is 54.1 Å². The number of rotatable bonds is 10. The maximum atomic E-state index is 15.4. The minimum atomic E-state index is -1.06. The lowest BCUT2D eigenvalue weighted by molar-refractivity contribution is 0.0672. The third-order valence-electron chi connectivity index (χ3n) is 7.08. The Morgan fingerprint density at radius 1 is 1.21 bits per heavy atom. The van der Waals surface area contributed by atoms with E-state index in [9.17, 15) is 5.11 Å². The normalized spacial score (nSPS) is 19.9. The van der Waals surface area contributed by atoms with Crippen LogP contribution in [0.15, 0.2) is 59.6 Å². The lowest BCUT2D eigenvalue weighted by Crippen LogP contribution is -2.43. The van der Waals surface area contributed by atoms with Crippen molar-refractivity contribution in [2.24, 2.45) is 11.8 Å². The number of piperidine rings is 1. The zero-order valence-electron chi connectivity index (χ0n) is 20.1. The number of halogens is 1. The molecule has 3 aromatic rings. The third-order valence-corrected chi connectivity index (χ3v) is 8.24. The molecule has 0 spiro atoms. The molecule has 1 saturated heterocycles. The number of fused-ring (bicyclic) bond motifs is 1. The molecule has 0 radical (unpaired) electrons. The number of hydrogen-bond donors (Lipinski definition) is 1. The zero-order valence-corrected chi connectivity index (χ0v) is 20.9. The summed E-state index contributed by atoms with van der Waals surface area (Å²) in [4.78, 5) is 8.17. The third kappa shape index (κ3) is 6.09. The van der Waals surface area contributed by atoms with Gasteiger partial charge in [0.15, 0.2) is 0 Å². The molecular weight excluding hydrogens is 447 g/mol. The van der Waals surface area contributed by atoms with Crippen molar-refractivity contribution in [1.29, 1.82) is 0 Å². The fourth-order valence-electron chi connectivity index (χ4n) is 5.01. The van der Waals surface area contributed by atoms with Crippen LogP contribution < -0.4 is 4.74 Å². The summed E-state index contributed by atoms with van der Waals surface area (Å²) < 4.78 is 20.7. The molecule has 2 heterocycles. The molecule has 0 bridgehead atoms. The number of aryl methyl sites for hydroxylation is 1. The highest BCUT2D eigenvalue weighted by molar-refractivity contribution is 7.99. The molecule has 0 aliphatic carbocycles. The number of hydrogen-bond acceptors (Lipinski definition) is 5. The summed E-state index contributed by atoms with van der Waals surface area (Å²) in [5.74, 6) is 2.31. The van der Waals surface area contributed by atoms with Crippen LogP contribution in [0, 0.1) is 18.8 Å². The maximum Gasteiger partial charge on any atom is 0.126 e. The highest BCUT2D eigenvalue weighted by atomic mass is 32.2. The number of ether oxygens (including phenoxy) is 1. The summed E-state index contributed by atoms with van der Waals surface area (Å²) in [5, 5.41) is 10.9. The van der Waals surface area contributed by atoms with E-state index in [1.54, 1.807) is 19.4 Å². The van der Waals surface area contributed by atoms with Crippen LogP contribution in [0.4, 0.5) is 4.39 Å². The summed E-state index contributed by atoms with van der Waals surface area (Å²) in [5.41, 5.74) is 2.78. The number of aliphatic hydroxyl groups is 1. The van der Waals surface area contributed by atoms with Gasteiger partial charge in [-0.2, -0.15) is 0 Å². The van der Waals surface area contributed by atoms with Crippen molar-refractivity contribution in [3.8, 4) is 5.75 Å². The highest BCUT2D eigenvalue weighted by Gasteiger charge is 2.29. The number of thioether (sulfide) groups is 1. The second-order valence-electron chi connectivity index (χ2n) is 9.23. The lowest BCUT2D eigenvalue weighted by Gasteiger charge is -2.38. The SMILES string of the molecule is COc1ccc2nccc(C(F)CC[C@@H]3CCN(CCSc4ccccc4C)C[C@@H]3CO)c2c1. The number of benzene rings is 2. The predicted molar refractivity (Wildman–Crippen MR) is 138 cm³/mol. The smallest absolute Gasteiger partial charge is 0.126 e. The van der Waals surface area contributed by atoms with Crippen molar-refractivity contribution in [2.45, 2.75) is 37.3 Å². The highest BCUT2D eigenvalue weighted by Crippen LogP contribution is 2.35. The lowest BCUT2D eigenvalue weighted by atomic mass is 9.81. The Morgan fingerprint density at radius 2 is 2.06 bits per heavy atom.